The lowest BCUT2D eigenvalue weighted by Crippen LogP contribution is -2.21. The highest BCUT2D eigenvalue weighted by atomic mass is 35.5. The van der Waals surface area contributed by atoms with E-state index in [0.29, 0.717) is 10.9 Å². The number of fused-ring (bicyclic) bond motifs is 1. The van der Waals surface area contributed by atoms with E-state index in [0.717, 1.165) is 24.2 Å². The van der Waals surface area contributed by atoms with Crippen molar-refractivity contribution >= 4 is 23.2 Å². The van der Waals surface area contributed by atoms with Crippen LogP contribution in [0.15, 0.2) is 12.4 Å². The summed E-state index contributed by atoms with van der Waals surface area (Å²) in [6, 6.07) is 1.80. The van der Waals surface area contributed by atoms with Crippen LogP contribution in [0.25, 0.3) is 5.78 Å². The van der Waals surface area contributed by atoms with E-state index in [1.165, 1.54) is 32.0 Å². The van der Waals surface area contributed by atoms with E-state index in [1.807, 2.05) is 0 Å². The predicted molar refractivity (Wildman–Crippen MR) is 75.4 cm³/mol. The topological polar surface area (TPSA) is 55.1 Å². The molecule has 1 fully saturated rings. The zero-order chi connectivity index (χ0) is 13.2. The third kappa shape index (κ3) is 2.81. The molecule has 0 amide bonds. The third-order valence-corrected chi connectivity index (χ3v) is 4.12. The van der Waals surface area contributed by atoms with E-state index < -0.39 is 0 Å². The first-order chi connectivity index (χ1) is 9.22. The number of nitrogens with one attached hydrogen (secondary N) is 1. The molecule has 0 bridgehead atoms. The fraction of sp³-hybridized carbons (Fsp3) is 0.615. The number of halogens is 1. The summed E-state index contributed by atoms with van der Waals surface area (Å²) in [5, 5.41) is 8.04. The molecule has 1 N–H and O–H groups in total. The summed E-state index contributed by atoms with van der Waals surface area (Å²) in [4.78, 5) is 8.18. The number of hydrogen-bond acceptors (Lipinski definition) is 4. The van der Waals surface area contributed by atoms with Crippen molar-refractivity contribution in [2.45, 2.75) is 32.6 Å². The maximum absolute atomic E-state index is 5.99. The second-order valence-electron chi connectivity index (χ2n) is 5.44. The average Bonchev–Trinajstić information content (AvgIpc) is 2.85. The molecule has 0 atom stereocenters. The van der Waals surface area contributed by atoms with Crippen LogP contribution in [0.2, 0.25) is 5.15 Å². The normalized spacial score (nSPS) is 23.7. The van der Waals surface area contributed by atoms with Crippen LogP contribution in [-0.2, 0) is 0 Å². The Kier molecular flexibility index (Phi) is 3.55. The Balaban J connectivity index is 1.69. The van der Waals surface area contributed by atoms with Crippen molar-refractivity contribution in [3.8, 4) is 0 Å². The van der Waals surface area contributed by atoms with E-state index in [4.69, 9.17) is 11.6 Å². The van der Waals surface area contributed by atoms with Crippen LogP contribution >= 0.6 is 11.6 Å². The zero-order valence-electron chi connectivity index (χ0n) is 11.0. The van der Waals surface area contributed by atoms with Gasteiger partial charge < -0.3 is 5.32 Å². The van der Waals surface area contributed by atoms with Gasteiger partial charge in [-0.1, -0.05) is 31.4 Å². The molecule has 0 spiro atoms. The summed E-state index contributed by atoms with van der Waals surface area (Å²) in [7, 11) is 0. The number of nitrogens with zero attached hydrogens (tertiary/aromatic N) is 4. The molecule has 5 nitrogen and oxygen atoms in total. The van der Waals surface area contributed by atoms with Crippen LogP contribution in [0.5, 0.6) is 0 Å². The van der Waals surface area contributed by atoms with E-state index in [9.17, 15) is 0 Å². The van der Waals surface area contributed by atoms with Gasteiger partial charge in [-0.15, -0.1) is 0 Å². The summed E-state index contributed by atoms with van der Waals surface area (Å²) in [5.41, 5.74) is 0. The van der Waals surface area contributed by atoms with Gasteiger partial charge in [0, 0.05) is 12.6 Å². The van der Waals surface area contributed by atoms with E-state index >= 15 is 0 Å². The minimum Gasteiger partial charge on any atom is -0.370 e. The van der Waals surface area contributed by atoms with Crippen LogP contribution in [0.1, 0.15) is 32.6 Å². The van der Waals surface area contributed by atoms with Crippen LogP contribution < -0.4 is 5.32 Å². The van der Waals surface area contributed by atoms with Crippen molar-refractivity contribution < 1.29 is 0 Å². The summed E-state index contributed by atoms with van der Waals surface area (Å²) < 4.78 is 1.69. The maximum atomic E-state index is 5.99. The van der Waals surface area contributed by atoms with Gasteiger partial charge in [0.2, 0.25) is 0 Å². The molecule has 2 heterocycles. The molecule has 1 saturated carbocycles. The quantitative estimate of drug-likeness (QED) is 0.878. The molecule has 2 aromatic heterocycles. The van der Waals surface area contributed by atoms with Gasteiger partial charge >= 0.3 is 0 Å². The van der Waals surface area contributed by atoms with Crippen molar-refractivity contribution in [3.63, 3.8) is 0 Å². The fourth-order valence-electron chi connectivity index (χ4n) is 2.69. The molecule has 3 rings (SSSR count). The molecule has 1 aliphatic rings. The highest BCUT2D eigenvalue weighted by Gasteiger charge is 2.18. The molecule has 0 aromatic carbocycles. The Morgan fingerprint density at radius 3 is 2.95 bits per heavy atom. The number of aromatic nitrogens is 4. The van der Waals surface area contributed by atoms with Crippen molar-refractivity contribution in [1.82, 2.24) is 19.6 Å². The van der Waals surface area contributed by atoms with Gasteiger partial charge in [0.15, 0.2) is 0 Å². The molecule has 2 aromatic rings. The van der Waals surface area contributed by atoms with Gasteiger partial charge in [-0.25, -0.2) is 0 Å². The minimum absolute atomic E-state index is 0.445. The van der Waals surface area contributed by atoms with Gasteiger partial charge in [0.25, 0.3) is 5.78 Å². The van der Waals surface area contributed by atoms with Gasteiger partial charge in [0.1, 0.15) is 17.3 Å². The molecule has 0 unspecified atom stereocenters. The molecule has 0 aliphatic heterocycles. The van der Waals surface area contributed by atoms with Crippen LogP contribution in [0, 0.1) is 11.8 Å². The first kappa shape index (κ1) is 12.7. The van der Waals surface area contributed by atoms with Crippen molar-refractivity contribution in [2.75, 3.05) is 11.9 Å². The van der Waals surface area contributed by atoms with Crippen molar-refractivity contribution in [1.29, 1.82) is 0 Å². The predicted octanol–water partition coefficient (Wildman–Crippen LogP) is 3.02. The molecule has 6 heteroatoms. The molecular weight excluding hydrogens is 262 g/mol. The first-order valence-electron chi connectivity index (χ1n) is 6.82. The molecule has 102 valence electrons. The SMILES string of the molecule is CC1CCC(CNc2cc(Cl)nc3ncnn23)CC1. The smallest absolute Gasteiger partial charge is 0.255 e. The lowest BCUT2D eigenvalue weighted by atomic mass is 9.83. The fourth-order valence-corrected chi connectivity index (χ4v) is 2.87. The van der Waals surface area contributed by atoms with Crippen molar-refractivity contribution in [2.24, 2.45) is 11.8 Å². The number of hydrogen-bond donors (Lipinski definition) is 1. The van der Waals surface area contributed by atoms with E-state index in [-0.39, 0.29) is 0 Å². The number of rotatable bonds is 3. The number of anilines is 1. The highest BCUT2D eigenvalue weighted by molar-refractivity contribution is 6.29. The maximum Gasteiger partial charge on any atom is 0.255 e. The van der Waals surface area contributed by atoms with Crippen LogP contribution in [0.4, 0.5) is 5.82 Å². The zero-order valence-corrected chi connectivity index (χ0v) is 11.8. The van der Waals surface area contributed by atoms with Crippen LogP contribution in [0.3, 0.4) is 0 Å². The summed E-state index contributed by atoms with van der Waals surface area (Å²) in [6.07, 6.45) is 6.76. The van der Waals surface area contributed by atoms with Crippen LogP contribution in [-0.4, -0.2) is 26.1 Å². The van der Waals surface area contributed by atoms with E-state index in [2.05, 4.69) is 27.3 Å². The Labute approximate surface area is 117 Å². The van der Waals surface area contributed by atoms with Gasteiger partial charge in [0.05, 0.1) is 0 Å². The summed E-state index contributed by atoms with van der Waals surface area (Å²) >= 11 is 5.99. The standard InChI is InChI=1S/C13H18ClN5/c1-9-2-4-10(5-3-9)7-15-12-6-11(14)18-13-16-8-17-19(12)13/h6,8-10,15H,2-5,7H2,1H3. The Hall–Kier alpha value is -1.36. The molecule has 0 saturated heterocycles. The van der Waals surface area contributed by atoms with Gasteiger partial charge in [-0.2, -0.15) is 19.6 Å². The Bertz CT molecular complexity index is 559. The minimum atomic E-state index is 0.445. The molecule has 1 aliphatic carbocycles. The van der Waals surface area contributed by atoms with Crippen molar-refractivity contribution in [3.05, 3.63) is 17.5 Å². The Morgan fingerprint density at radius 1 is 1.37 bits per heavy atom. The lowest BCUT2D eigenvalue weighted by Gasteiger charge is -2.26. The second kappa shape index (κ2) is 5.33. The average molecular weight is 280 g/mol. The summed E-state index contributed by atoms with van der Waals surface area (Å²) in [6.45, 7) is 3.30. The van der Waals surface area contributed by atoms with E-state index in [1.54, 1.807) is 10.6 Å². The first-order valence-corrected chi connectivity index (χ1v) is 7.20. The molecular formula is C13H18ClN5. The monoisotopic (exact) mass is 279 g/mol. The largest absolute Gasteiger partial charge is 0.370 e. The molecule has 19 heavy (non-hydrogen) atoms. The molecule has 0 radical (unpaired) electrons. The third-order valence-electron chi connectivity index (χ3n) is 3.93. The van der Waals surface area contributed by atoms with Gasteiger partial charge in [-0.05, 0) is 24.7 Å². The lowest BCUT2D eigenvalue weighted by molar-refractivity contribution is 0.300. The Morgan fingerprint density at radius 2 is 2.16 bits per heavy atom. The van der Waals surface area contributed by atoms with Gasteiger partial charge in [-0.3, -0.25) is 0 Å². The summed E-state index contributed by atoms with van der Waals surface area (Å²) in [5.74, 6) is 3.02. The second-order valence-corrected chi connectivity index (χ2v) is 5.83. The highest BCUT2D eigenvalue weighted by Crippen LogP contribution is 2.28.